The molecule has 0 aromatic rings. The number of amides is 1. The van der Waals surface area contributed by atoms with Gasteiger partial charge in [0.25, 0.3) is 0 Å². The molecule has 0 aromatic carbocycles. The van der Waals surface area contributed by atoms with Crippen molar-refractivity contribution in [1.29, 1.82) is 0 Å². The topological polar surface area (TPSA) is 75.8 Å². The standard InChI is InChI=1S/C12H22N2O3/c1-4-5-10(13)11(16)14-6-9(7-15)17-12(2,3)8-14/h4,9-10,15H,1,5-8,13H2,2-3H3. The van der Waals surface area contributed by atoms with Gasteiger partial charge in [0, 0.05) is 13.1 Å². The van der Waals surface area contributed by atoms with Gasteiger partial charge in [0.1, 0.15) is 0 Å². The number of ether oxygens (including phenoxy) is 1. The predicted octanol–water partition coefficient (Wildman–Crippen LogP) is -0.112. The highest BCUT2D eigenvalue weighted by atomic mass is 16.5. The molecule has 2 unspecified atom stereocenters. The van der Waals surface area contributed by atoms with Gasteiger partial charge in [-0.2, -0.15) is 0 Å². The molecule has 98 valence electrons. The van der Waals surface area contributed by atoms with E-state index in [2.05, 4.69) is 6.58 Å². The van der Waals surface area contributed by atoms with Crippen LogP contribution in [0.4, 0.5) is 0 Å². The highest BCUT2D eigenvalue weighted by Crippen LogP contribution is 2.21. The van der Waals surface area contributed by atoms with Crippen LogP contribution in [0.15, 0.2) is 12.7 Å². The number of hydrogen-bond donors (Lipinski definition) is 2. The number of aliphatic hydroxyl groups is 1. The lowest BCUT2D eigenvalue weighted by atomic mass is 10.0. The summed E-state index contributed by atoms with van der Waals surface area (Å²) >= 11 is 0. The van der Waals surface area contributed by atoms with Gasteiger partial charge in [-0.1, -0.05) is 6.08 Å². The molecular formula is C12H22N2O3. The Morgan fingerprint density at radius 1 is 1.76 bits per heavy atom. The van der Waals surface area contributed by atoms with Crippen LogP contribution >= 0.6 is 0 Å². The third-order valence-corrected chi connectivity index (χ3v) is 2.73. The molecule has 0 radical (unpaired) electrons. The minimum atomic E-state index is -0.555. The highest BCUT2D eigenvalue weighted by Gasteiger charge is 2.36. The summed E-state index contributed by atoms with van der Waals surface area (Å²) in [5.41, 5.74) is 5.32. The second-order valence-corrected chi connectivity index (χ2v) is 5.03. The molecule has 1 aliphatic rings. The van der Waals surface area contributed by atoms with Gasteiger partial charge in [-0.05, 0) is 20.3 Å². The molecule has 1 aliphatic heterocycles. The maximum Gasteiger partial charge on any atom is 0.239 e. The van der Waals surface area contributed by atoms with E-state index in [4.69, 9.17) is 15.6 Å². The van der Waals surface area contributed by atoms with Crippen LogP contribution in [0.2, 0.25) is 0 Å². The number of carbonyl (C=O) groups excluding carboxylic acids is 1. The Hall–Kier alpha value is -0.910. The van der Waals surface area contributed by atoms with Gasteiger partial charge < -0.3 is 20.5 Å². The minimum absolute atomic E-state index is 0.0933. The molecule has 5 heteroatoms. The van der Waals surface area contributed by atoms with Crippen LogP contribution in [0.5, 0.6) is 0 Å². The number of rotatable bonds is 4. The van der Waals surface area contributed by atoms with Gasteiger partial charge in [0.2, 0.25) is 5.91 Å². The summed E-state index contributed by atoms with van der Waals surface area (Å²) in [5.74, 6) is -0.111. The molecule has 0 bridgehead atoms. The quantitative estimate of drug-likeness (QED) is 0.674. The summed E-state index contributed by atoms with van der Waals surface area (Å²) in [6, 6.07) is -0.555. The second kappa shape index (κ2) is 5.62. The minimum Gasteiger partial charge on any atom is -0.394 e. The van der Waals surface area contributed by atoms with E-state index in [-0.39, 0.29) is 18.6 Å². The summed E-state index contributed by atoms with van der Waals surface area (Å²) in [4.78, 5) is 13.7. The van der Waals surface area contributed by atoms with Gasteiger partial charge >= 0.3 is 0 Å². The fraction of sp³-hybridized carbons (Fsp3) is 0.750. The predicted molar refractivity (Wildman–Crippen MR) is 65.4 cm³/mol. The number of carbonyl (C=O) groups is 1. The van der Waals surface area contributed by atoms with Gasteiger partial charge in [-0.25, -0.2) is 0 Å². The Bertz CT molecular complexity index is 291. The Balaban J connectivity index is 2.69. The number of aliphatic hydroxyl groups excluding tert-OH is 1. The molecule has 0 aromatic heterocycles. The van der Waals surface area contributed by atoms with Crippen LogP contribution in [-0.2, 0) is 9.53 Å². The van der Waals surface area contributed by atoms with E-state index in [9.17, 15) is 4.79 Å². The Kier molecular flexibility index (Phi) is 4.68. The third-order valence-electron chi connectivity index (χ3n) is 2.73. The van der Waals surface area contributed by atoms with Crippen molar-refractivity contribution in [2.75, 3.05) is 19.7 Å². The van der Waals surface area contributed by atoms with Crippen LogP contribution in [0, 0.1) is 0 Å². The van der Waals surface area contributed by atoms with Gasteiger partial charge in [0.15, 0.2) is 0 Å². The zero-order valence-corrected chi connectivity index (χ0v) is 10.6. The summed E-state index contributed by atoms with van der Waals surface area (Å²) in [6.45, 7) is 8.16. The van der Waals surface area contributed by atoms with Crippen molar-refractivity contribution < 1.29 is 14.6 Å². The van der Waals surface area contributed by atoms with Crippen molar-refractivity contribution in [1.82, 2.24) is 4.90 Å². The summed E-state index contributed by atoms with van der Waals surface area (Å²) in [5, 5.41) is 9.15. The SMILES string of the molecule is C=CCC(N)C(=O)N1CC(CO)OC(C)(C)C1. The normalized spacial score (nSPS) is 25.4. The van der Waals surface area contributed by atoms with Crippen molar-refractivity contribution in [3.05, 3.63) is 12.7 Å². The molecule has 0 aliphatic carbocycles. The van der Waals surface area contributed by atoms with Crippen LogP contribution in [-0.4, -0.2) is 53.4 Å². The van der Waals surface area contributed by atoms with Crippen LogP contribution in [0.3, 0.4) is 0 Å². The molecule has 1 fully saturated rings. The average Bonchev–Trinajstić information content (AvgIpc) is 2.26. The lowest BCUT2D eigenvalue weighted by Gasteiger charge is -2.43. The zero-order chi connectivity index (χ0) is 13.1. The Morgan fingerprint density at radius 2 is 2.41 bits per heavy atom. The largest absolute Gasteiger partial charge is 0.394 e. The summed E-state index contributed by atoms with van der Waals surface area (Å²) < 4.78 is 5.64. The van der Waals surface area contributed by atoms with E-state index < -0.39 is 11.6 Å². The van der Waals surface area contributed by atoms with Crippen molar-refractivity contribution >= 4 is 5.91 Å². The number of hydrogen-bond acceptors (Lipinski definition) is 4. The van der Waals surface area contributed by atoms with Gasteiger partial charge in [0.05, 0.1) is 24.4 Å². The maximum absolute atomic E-state index is 12.1. The molecule has 1 amide bonds. The number of morpholine rings is 1. The first-order valence-corrected chi connectivity index (χ1v) is 5.83. The fourth-order valence-electron chi connectivity index (χ4n) is 2.07. The Morgan fingerprint density at radius 3 is 2.94 bits per heavy atom. The lowest BCUT2D eigenvalue weighted by Crippen LogP contribution is -2.58. The molecular weight excluding hydrogens is 220 g/mol. The molecule has 1 saturated heterocycles. The van der Waals surface area contributed by atoms with Gasteiger partial charge in [-0.15, -0.1) is 6.58 Å². The second-order valence-electron chi connectivity index (χ2n) is 5.03. The first-order chi connectivity index (χ1) is 7.89. The van der Waals surface area contributed by atoms with Crippen molar-refractivity contribution in [2.45, 2.75) is 38.0 Å². The molecule has 0 saturated carbocycles. The van der Waals surface area contributed by atoms with E-state index in [0.29, 0.717) is 19.5 Å². The monoisotopic (exact) mass is 242 g/mol. The van der Waals surface area contributed by atoms with E-state index in [1.54, 1.807) is 11.0 Å². The van der Waals surface area contributed by atoms with Crippen LogP contribution < -0.4 is 5.73 Å². The van der Waals surface area contributed by atoms with Crippen LogP contribution in [0.1, 0.15) is 20.3 Å². The number of nitrogens with two attached hydrogens (primary N) is 1. The highest BCUT2D eigenvalue weighted by molar-refractivity contribution is 5.82. The summed E-state index contributed by atoms with van der Waals surface area (Å²) in [7, 11) is 0. The Labute approximate surface area is 102 Å². The average molecular weight is 242 g/mol. The van der Waals surface area contributed by atoms with E-state index in [0.717, 1.165) is 0 Å². The van der Waals surface area contributed by atoms with Crippen molar-refractivity contribution in [2.24, 2.45) is 5.73 Å². The maximum atomic E-state index is 12.1. The summed E-state index contributed by atoms with van der Waals surface area (Å²) in [6.07, 6.45) is 1.76. The molecule has 0 spiro atoms. The van der Waals surface area contributed by atoms with Crippen LogP contribution in [0.25, 0.3) is 0 Å². The molecule has 1 heterocycles. The molecule has 17 heavy (non-hydrogen) atoms. The smallest absolute Gasteiger partial charge is 0.239 e. The molecule has 2 atom stereocenters. The first kappa shape index (κ1) is 14.2. The van der Waals surface area contributed by atoms with E-state index in [1.165, 1.54) is 0 Å². The first-order valence-electron chi connectivity index (χ1n) is 5.83. The van der Waals surface area contributed by atoms with Crippen molar-refractivity contribution in [3.8, 4) is 0 Å². The zero-order valence-electron chi connectivity index (χ0n) is 10.6. The molecule has 3 N–H and O–H groups in total. The fourth-order valence-corrected chi connectivity index (χ4v) is 2.07. The van der Waals surface area contributed by atoms with Gasteiger partial charge in [-0.3, -0.25) is 4.79 Å². The molecule has 5 nitrogen and oxygen atoms in total. The van der Waals surface area contributed by atoms with E-state index in [1.807, 2.05) is 13.8 Å². The third kappa shape index (κ3) is 3.80. The van der Waals surface area contributed by atoms with E-state index >= 15 is 0 Å². The number of nitrogens with zero attached hydrogens (tertiary/aromatic N) is 1. The van der Waals surface area contributed by atoms with Crippen molar-refractivity contribution in [3.63, 3.8) is 0 Å². The molecule has 1 rings (SSSR count). The lowest BCUT2D eigenvalue weighted by molar-refractivity contribution is -0.167.